The largest absolute Gasteiger partial charge is 0.505 e. The highest BCUT2D eigenvalue weighted by molar-refractivity contribution is 7.46. The van der Waals surface area contributed by atoms with Crippen LogP contribution in [0.2, 0.25) is 0 Å². The fraction of sp³-hybridized carbons (Fsp3) is 0.300. The van der Waals surface area contributed by atoms with E-state index in [0.717, 1.165) is 6.21 Å². The van der Waals surface area contributed by atoms with E-state index in [2.05, 4.69) is 20.0 Å². The number of halogens is 1. The highest BCUT2D eigenvalue weighted by Gasteiger charge is 2.17. The minimum Gasteiger partial charge on any atom is -0.505 e. The molecule has 0 saturated heterocycles. The molecule has 0 aromatic carbocycles. The zero-order valence-corrected chi connectivity index (χ0v) is 12.5. The number of phosphoric ester groups is 1. The zero-order chi connectivity index (χ0) is 16.0. The SMILES string of the molecule is Cc1ncc(COP(=O)(O)O)c(/C=N/NC(=O)CCl)c1O. The van der Waals surface area contributed by atoms with Gasteiger partial charge in [0.1, 0.15) is 11.6 Å². The van der Waals surface area contributed by atoms with Gasteiger partial charge in [-0.3, -0.25) is 14.3 Å². The summed E-state index contributed by atoms with van der Waals surface area (Å²) in [5.74, 6) is -1.08. The number of phosphoric acid groups is 1. The number of carbonyl (C=O) groups is 1. The summed E-state index contributed by atoms with van der Waals surface area (Å²) in [6.45, 7) is 1.04. The normalized spacial score (nSPS) is 11.8. The van der Waals surface area contributed by atoms with E-state index in [1.807, 2.05) is 0 Å². The second kappa shape index (κ2) is 7.48. The summed E-state index contributed by atoms with van der Waals surface area (Å²) in [6.07, 6.45) is 2.38. The molecule has 0 saturated carbocycles. The van der Waals surface area contributed by atoms with Gasteiger partial charge in [0, 0.05) is 17.3 Å². The van der Waals surface area contributed by atoms with Crippen LogP contribution in [0, 0.1) is 6.92 Å². The van der Waals surface area contributed by atoms with Crippen molar-refractivity contribution in [2.45, 2.75) is 13.5 Å². The van der Waals surface area contributed by atoms with Crippen LogP contribution >= 0.6 is 19.4 Å². The summed E-state index contributed by atoms with van der Waals surface area (Å²) in [7, 11) is -4.67. The quantitative estimate of drug-likeness (QED) is 0.255. The number of hydrazone groups is 1. The summed E-state index contributed by atoms with van der Waals surface area (Å²) in [6, 6.07) is 0. The van der Waals surface area contributed by atoms with Crippen LogP contribution < -0.4 is 5.43 Å². The van der Waals surface area contributed by atoms with Crippen LogP contribution in [0.15, 0.2) is 11.3 Å². The molecule has 1 aromatic rings. The molecule has 1 heterocycles. The third-order valence-electron chi connectivity index (χ3n) is 2.25. The van der Waals surface area contributed by atoms with Gasteiger partial charge in [0.25, 0.3) is 5.91 Å². The van der Waals surface area contributed by atoms with E-state index in [9.17, 15) is 14.5 Å². The maximum atomic E-state index is 10.9. The Balaban J connectivity index is 3.00. The maximum Gasteiger partial charge on any atom is 0.469 e. The van der Waals surface area contributed by atoms with Gasteiger partial charge in [-0.1, -0.05) is 0 Å². The number of hydrogen-bond donors (Lipinski definition) is 4. The van der Waals surface area contributed by atoms with E-state index in [1.54, 1.807) is 0 Å². The molecule has 0 aliphatic rings. The lowest BCUT2D eigenvalue weighted by molar-refractivity contribution is -0.118. The third kappa shape index (κ3) is 5.78. The molecule has 0 atom stereocenters. The summed E-state index contributed by atoms with van der Waals surface area (Å²) >= 11 is 5.27. The molecule has 0 fully saturated rings. The molecule has 21 heavy (non-hydrogen) atoms. The van der Waals surface area contributed by atoms with Crippen molar-refractivity contribution in [2.75, 3.05) is 5.88 Å². The first kappa shape index (κ1) is 17.5. The second-order valence-electron chi connectivity index (χ2n) is 3.82. The Morgan fingerprint density at radius 1 is 1.62 bits per heavy atom. The van der Waals surface area contributed by atoms with Gasteiger partial charge in [0.15, 0.2) is 0 Å². The third-order valence-corrected chi connectivity index (χ3v) is 2.96. The average molecular weight is 338 g/mol. The van der Waals surface area contributed by atoms with E-state index in [1.165, 1.54) is 13.1 Å². The highest BCUT2D eigenvalue weighted by atomic mass is 35.5. The van der Waals surface area contributed by atoms with Crippen LogP contribution in [0.4, 0.5) is 0 Å². The molecule has 0 aliphatic carbocycles. The van der Waals surface area contributed by atoms with Crippen molar-refractivity contribution in [2.24, 2.45) is 5.10 Å². The molecule has 0 unspecified atom stereocenters. The van der Waals surface area contributed by atoms with Crippen LogP contribution in [0.25, 0.3) is 0 Å². The van der Waals surface area contributed by atoms with Crippen molar-refractivity contribution in [3.05, 3.63) is 23.0 Å². The van der Waals surface area contributed by atoms with Crippen molar-refractivity contribution in [3.8, 4) is 5.75 Å². The molecular weight excluding hydrogens is 325 g/mol. The smallest absolute Gasteiger partial charge is 0.469 e. The molecule has 11 heteroatoms. The topological polar surface area (TPSA) is 141 Å². The van der Waals surface area contributed by atoms with Crippen molar-refractivity contribution < 1.29 is 28.8 Å². The van der Waals surface area contributed by atoms with E-state index in [-0.39, 0.29) is 28.5 Å². The molecule has 0 bridgehead atoms. The lowest BCUT2D eigenvalue weighted by atomic mass is 10.1. The minimum atomic E-state index is -4.67. The zero-order valence-electron chi connectivity index (χ0n) is 10.9. The van der Waals surface area contributed by atoms with Gasteiger partial charge in [-0.25, -0.2) is 9.99 Å². The summed E-state index contributed by atoms with van der Waals surface area (Å²) in [4.78, 5) is 32.1. The number of rotatable bonds is 6. The number of aromatic hydroxyl groups is 1. The van der Waals surface area contributed by atoms with Gasteiger partial charge in [0.2, 0.25) is 0 Å². The first-order valence-corrected chi connectivity index (χ1v) is 7.56. The van der Waals surface area contributed by atoms with E-state index >= 15 is 0 Å². The number of aryl methyl sites for hydroxylation is 1. The number of nitrogens with one attached hydrogen (secondary N) is 1. The van der Waals surface area contributed by atoms with Crippen molar-refractivity contribution >= 4 is 31.5 Å². The molecule has 4 N–H and O–H groups in total. The number of pyridine rings is 1. The molecule has 0 spiro atoms. The molecule has 0 aliphatic heterocycles. The predicted octanol–water partition coefficient (Wildman–Crippen LogP) is 0.394. The molecular formula is C10H13ClN3O6P. The molecule has 116 valence electrons. The first-order chi connectivity index (χ1) is 9.74. The predicted molar refractivity (Wildman–Crippen MR) is 73.9 cm³/mol. The summed E-state index contributed by atoms with van der Waals surface area (Å²) in [5.41, 5.74) is 2.68. The summed E-state index contributed by atoms with van der Waals surface area (Å²) in [5, 5.41) is 13.5. The molecule has 1 aromatic heterocycles. The molecule has 1 amide bonds. The van der Waals surface area contributed by atoms with E-state index in [0.29, 0.717) is 0 Å². The van der Waals surface area contributed by atoms with Crippen molar-refractivity contribution in [1.29, 1.82) is 0 Å². The molecule has 9 nitrogen and oxygen atoms in total. The van der Waals surface area contributed by atoms with Crippen molar-refractivity contribution in [1.82, 2.24) is 10.4 Å². The van der Waals surface area contributed by atoms with Gasteiger partial charge in [0.05, 0.1) is 18.5 Å². The van der Waals surface area contributed by atoms with Gasteiger partial charge in [-0.2, -0.15) is 5.10 Å². The van der Waals surface area contributed by atoms with E-state index < -0.39 is 20.3 Å². The van der Waals surface area contributed by atoms with E-state index in [4.69, 9.17) is 21.4 Å². The van der Waals surface area contributed by atoms with Gasteiger partial charge < -0.3 is 14.9 Å². The Hall–Kier alpha value is -1.51. The Labute approximate surface area is 124 Å². The number of hydrogen-bond acceptors (Lipinski definition) is 6. The van der Waals surface area contributed by atoms with Gasteiger partial charge in [-0.15, -0.1) is 11.6 Å². The minimum absolute atomic E-state index is 0.117. The average Bonchev–Trinajstić information content (AvgIpc) is 2.41. The molecule has 0 radical (unpaired) electrons. The Bertz CT molecular complexity index is 603. The van der Waals surface area contributed by atoms with Crippen molar-refractivity contribution in [3.63, 3.8) is 0 Å². The number of carbonyl (C=O) groups excluding carboxylic acids is 1. The van der Waals surface area contributed by atoms with Crippen LogP contribution in [-0.2, 0) is 20.5 Å². The second-order valence-corrected chi connectivity index (χ2v) is 5.33. The van der Waals surface area contributed by atoms with Crippen LogP contribution in [0.3, 0.4) is 0 Å². The Morgan fingerprint density at radius 3 is 2.86 bits per heavy atom. The van der Waals surface area contributed by atoms with Crippen LogP contribution in [0.1, 0.15) is 16.8 Å². The summed E-state index contributed by atoms with van der Waals surface area (Å²) < 4.78 is 15.0. The number of amides is 1. The lowest BCUT2D eigenvalue weighted by Gasteiger charge is -2.10. The lowest BCUT2D eigenvalue weighted by Crippen LogP contribution is -2.18. The fourth-order valence-corrected chi connectivity index (χ4v) is 1.63. The standard InChI is InChI=1S/C10H13ClN3O6P/c1-6-10(16)8(4-13-14-9(15)2-11)7(3-12-6)5-20-21(17,18)19/h3-4,16H,2,5H2,1H3,(H,14,15)(H2,17,18,19)/b13-4+. The monoisotopic (exact) mass is 337 g/mol. The first-order valence-electron chi connectivity index (χ1n) is 5.50. The maximum absolute atomic E-state index is 10.9. The Morgan fingerprint density at radius 2 is 2.29 bits per heavy atom. The van der Waals surface area contributed by atoms with Gasteiger partial charge >= 0.3 is 7.82 Å². The van der Waals surface area contributed by atoms with Gasteiger partial charge in [-0.05, 0) is 6.92 Å². The van der Waals surface area contributed by atoms with Crippen LogP contribution in [0.5, 0.6) is 5.75 Å². The number of aromatic nitrogens is 1. The number of nitrogens with zero attached hydrogens (tertiary/aromatic N) is 2. The van der Waals surface area contributed by atoms with Crippen LogP contribution in [-0.4, -0.2) is 37.9 Å². The Kier molecular flexibility index (Phi) is 6.25. The fourth-order valence-electron chi connectivity index (χ4n) is 1.26. The highest BCUT2D eigenvalue weighted by Crippen LogP contribution is 2.37. The number of alkyl halides is 1. The molecule has 1 rings (SSSR count).